The highest BCUT2D eigenvalue weighted by molar-refractivity contribution is 7.15. The Bertz CT molecular complexity index is 1060. The van der Waals surface area contributed by atoms with E-state index in [9.17, 15) is 23.5 Å². The van der Waals surface area contributed by atoms with E-state index in [0.29, 0.717) is 21.7 Å². The van der Waals surface area contributed by atoms with E-state index >= 15 is 0 Å². The number of carbonyl (C=O) groups is 2. The van der Waals surface area contributed by atoms with Gasteiger partial charge >= 0.3 is 5.97 Å². The number of amides is 1. The van der Waals surface area contributed by atoms with Crippen LogP contribution in [0.1, 0.15) is 32.5 Å². The monoisotopic (exact) mass is 385 g/mol. The Kier molecular flexibility index (Phi) is 4.24. The molecule has 2 aromatic carbocycles. The minimum absolute atomic E-state index is 0.0453. The van der Waals surface area contributed by atoms with Crippen LogP contribution >= 0.6 is 11.3 Å². The van der Waals surface area contributed by atoms with Crippen molar-refractivity contribution in [2.75, 3.05) is 5.32 Å². The SMILES string of the molecule is O=C1CC(c2cccc(F)c2F)c2sc(C(=O)O)c(-c3ccccc3)c2N1. The fraction of sp³-hybridized carbons (Fsp3) is 0.100. The molecule has 1 aliphatic rings. The largest absolute Gasteiger partial charge is 0.477 e. The molecule has 0 aliphatic carbocycles. The maximum atomic E-state index is 14.4. The number of carboxylic acids is 1. The molecule has 7 heteroatoms. The van der Waals surface area contributed by atoms with Crippen molar-refractivity contribution in [2.24, 2.45) is 0 Å². The van der Waals surface area contributed by atoms with Gasteiger partial charge in [0.25, 0.3) is 0 Å². The van der Waals surface area contributed by atoms with Crippen LogP contribution in [0.3, 0.4) is 0 Å². The first-order valence-corrected chi connectivity index (χ1v) is 8.98. The molecular formula is C20H13F2NO3S. The average Bonchev–Trinajstić information content (AvgIpc) is 3.04. The highest BCUT2D eigenvalue weighted by Gasteiger charge is 2.35. The zero-order valence-electron chi connectivity index (χ0n) is 13.8. The second kappa shape index (κ2) is 6.59. The van der Waals surface area contributed by atoms with Crippen molar-refractivity contribution in [3.8, 4) is 11.1 Å². The average molecular weight is 385 g/mol. The molecule has 1 aliphatic heterocycles. The Balaban J connectivity index is 1.97. The predicted molar refractivity (Wildman–Crippen MR) is 98.2 cm³/mol. The molecule has 1 unspecified atom stereocenters. The van der Waals surface area contributed by atoms with Gasteiger partial charge in [-0.25, -0.2) is 13.6 Å². The summed E-state index contributed by atoms with van der Waals surface area (Å²) in [6.07, 6.45) is -0.0822. The minimum Gasteiger partial charge on any atom is -0.477 e. The molecule has 0 saturated heterocycles. The predicted octanol–water partition coefficient (Wildman–Crippen LogP) is 4.87. The lowest BCUT2D eigenvalue weighted by atomic mass is 9.88. The summed E-state index contributed by atoms with van der Waals surface area (Å²) in [6, 6.07) is 12.6. The van der Waals surface area contributed by atoms with Crippen LogP contribution in [0.4, 0.5) is 14.5 Å². The molecular weight excluding hydrogens is 372 g/mol. The number of thiophene rings is 1. The Hall–Kier alpha value is -3.06. The minimum atomic E-state index is -1.14. The Morgan fingerprint density at radius 2 is 1.85 bits per heavy atom. The van der Waals surface area contributed by atoms with Gasteiger partial charge in [-0.1, -0.05) is 42.5 Å². The van der Waals surface area contributed by atoms with Gasteiger partial charge in [-0.15, -0.1) is 11.3 Å². The van der Waals surface area contributed by atoms with Gasteiger partial charge in [0.05, 0.1) is 5.69 Å². The van der Waals surface area contributed by atoms with Crippen LogP contribution in [0.15, 0.2) is 48.5 Å². The summed E-state index contributed by atoms with van der Waals surface area (Å²) in [6.45, 7) is 0. The molecule has 2 N–H and O–H groups in total. The van der Waals surface area contributed by atoms with Crippen LogP contribution in [-0.4, -0.2) is 17.0 Å². The summed E-state index contributed by atoms with van der Waals surface area (Å²) in [5.41, 5.74) is 1.42. The van der Waals surface area contributed by atoms with E-state index in [-0.39, 0.29) is 22.8 Å². The van der Waals surface area contributed by atoms with Gasteiger partial charge in [0.15, 0.2) is 11.6 Å². The third-order valence-corrected chi connectivity index (χ3v) is 5.81. The lowest BCUT2D eigenvalue weighted by molar-refractivity contribution is -0.116. The van der Waals surface area contributed by atoms with E-state index in [1.54, 1.807) is 30.3 Å². The van der Waals surface area contributed by atoms with Crippen LogP contribution in [-0.2, 0) is 4.79 Å². The molecule has 0 spiro atoms. The van der Waals surface area contributed by atoms with Crippen LogP contribution in [0.2, 0.25) is 0 Å². The number of benzene rings is 2. The number of aromatic carboxylic acids is 1. The van der Waals surface area contributed by atoms with Gasteiger partial charge in [0.1, 0.15) is 4.88 Å². The number of hydrogen-bond donors (Lipinski definition) is 2. The van der Waals surface area contributed by atoms with Crippen molar-refractivity contribution < 1.29 is 23.5 Å². The number of carboxylic acid groups (broad SMARTS) is 1. The third kappa shape index (κ3) is 2.90. The van der Waals surface area contributed by atoms with Gasteiger partial charge in [0, 0.05) is 22.8 Å². The van der Waals surface area contributed by atoms with Crippen molar-refractivity contribution in [1.82, 2.24) is 0 Å². The maximum Gasteiger partial charge on any atom is 0.346 e. The first-order chi connectivity index (χ1) is 13.0. The van der Waals surface area contributed by atoms with Crippen molar-refractivity contribution >= 4 is 28.9 Å². The molecule has 3 aromatic rings. The summed E-state index contributed by atoms with van der Waals surface area (Å²) in [5.74, 6) is -4.28. The van der Waals surface area contributed by atoms with Gasteiger partial charge < -0.3 is 10.4 Å². The zero-order chi connectivity index (χ0) is 19.1. The van der Waals surface area contributed by atoms with Crippen LogP contribution < -0.4 is 5.32 Å². The molecule has 0 bridgehead atoms. The third-order valence-electron chi connectivity index (χ3n) is 4.52. The number of halogens is 2. The van der Waals surface area contributed by atoms with Gasteiger partial charge in [-0.3, -0.25) is 4.79 Å². The highest BCUT2D eigenvalue weighted by Crippen LogP contribution is 2.49. The van der Waals surface area contributed by atoms with E-state index in [2.05, 4.69) is 5.32 Å². The fourth-order valence-electron chi connectivity index (χ4n) is 3.36. The number of carbonyl (C=O) groups excluding carboxylic acids is 1. The zero-order valence-corrected chi connectivity index (χ0v) is 14.6. The topological polar surface area (TPSA) is 66.4 Å². The van der Waals surface area contributed by atoms with Crippen molar-refractivity contribution in [2.45, 2.75) is 12.3 Å². The summed E-state index contributed by atoms with van der Waals surface area (Å²) in [4.78, 5) is 24.7. The summed E-state index contributed by atoms with van der Waals surface area (Å²) < 4.78 is 28.1. The summed E-state index contributed by atoms with van der Waals surface area (Å²) in [7, 11) is 0. The molecule has 4 nitrogen and oxygen atoms in total. The Labute approximate surface area is 157 Å². The van der Waals surface area contributed by atoms with Gasteiger partial charge in [-0.2, -0.15) is 0 Å². The van der Waals surface area contributed by atoms with Gasteiger partial charge in [-0.05, 0) is 17.2 Å². The molecule has 1 amide bonds. The normalized spacial score (nSPS) is 15.9. The standard InChI is InChI=1S/C20H13F2NO3S/c21-13-8-4-7-11(16(13)22)12-9-14(24)23-17-15(10-5-2-1-3-6-10)19(20(25)26)27-18(12)17/h1-8,12H,9H2,(H,23,24)(H,25,26). The Morgan fingerprint density at radius 1 is 1.11 bits per heavy atom. The van der Waals surface area contributed by atoms with Crippen LogP contribution in [0.25, 0.3) is 11.1 Å². The number of rotatable bonds is 3. The maximum absolute atomic E-state index is 14.4. The van der Waals surface area contributed by atoms with Crippen molar-refractivity contribution in [3.63, 3.8) is 0 Å². The van der Waals surface area contributed by atoms with E-state index in [4.69, 9.17) is 0 Å². The number of hydrogen-bond acceptors (Lipinski definition) is 3. The van der Waals surface area contributed by atoms with Gasteiger partial charge in [0.2, 0.25) is 5.91 Å². The van der Waals surface area contributed by atoms with Crippen LogP contribution in [0.5, 0.6) is 0 Å². The van der Waals surface area contributed by atoms with E-state index in [1.807, 2.05) is 0 Å². The summed E-state index contributed by atoms with van der Waals surface area (Å²) >= 11 is 0.981. The molecule has 0 saturated carbocycles. The van der Waals surface area contributed by atoms with E-state index < -0.39 is 23.5 Å². The number of anilines is 1. The fourth-order valence-corrected chi connectivity index (χ4v) is 4.60. The molecule has 0 fully saturated rings. The molecule has 1 atom stereocenters. The molecule has 1 aromatic heterocycles. The highest BCUT2D eigenvalue weighted by atomic mass is 32.1. The first kappa shape index (κ1) is 17.4. The lowest BCUT2D eigenvalue weighted by Gasteiger charge is -2.24. The number of fused-ring (bicyclic) bond motifs is 1. The number of nitrogens with one attached hydrogen (secondary N) is 1. The van der Waals surface area contributed by atoms with E-state index in [0.717, 1.165) is 17.4 Å². The molecule has 2 heterocycles. The quantitative estimate of drug-likeness (QED) is 0.676. The lowest BCUT2D eigenvalue weighted by Crippen LogP contribution is -2.23. The molecule has 0 radical (unpaired) electrons. The molecule has 27 heavy (non-hydrogen) atoms. The summed E-state index contributed by atoms with van der Waals surface area (Å²) in [5, 5.41) is 12.4. The van der Waals surface area contributed by atoms with Crippen molar-refractivity contribution in [3.05, 3.63) is 75.5 Å². The second-order valence-corrected chi connectivity index (χ2v) is 7.22. The molecule has 136 valence electrons. The van der Waals surface area contributed by atoms with Crippen LogP contribution in [0, 0.1) is 11.6 Å². The van der Waals surface area contributed by atoms with Crippen molar-refractivity contribution in [1.29, 1.82) is 0 Å². The van der Waals surface area contributed by atoms with E-state index in [1.165, 1.54) is 12.1 Å². The first-order valence-electron chi connectivity index (χ1n) is 8.16. The Morgan fingerprint density at radius 3 is 2.56 bits per heavy atom. The molecule has 4 rings (SSSR count). The second-order valence-electron chi connectivity index (χ2n) is 6.16. The smallest absolute Gasteiger partial charge is 0.346 e.